The minimum absolute atomic E-state index is 0.163. The average molecular weight is 305 g/mol. The summed E-state index contributed by atoms with van der Waals surface area (Å²) in [5.74, 6) is 0.902. The third kappa shape index (κ3) is 5.45. The van der Waals surface area contributed by atoms with Crippen LogP contribution in [0.4, 0.5) is 0 Å². The van der Waals surface area contributed by atoms with E-state index in [2.05, 4.69) is 32.6 Å². The number of nitrogens with zero attached hydrogens (tertiary/aromatic N) is 1. The van der Waals surface area contributed by atoms with Crippen molar-refractivity contribution in [2.24, 2.45) is 0 Å². The normalized spacial score (nSPS) is 11.0. The first-order valence-corrected chi connectivity index (χ1v) is 8.53. The highest BCUT2D eigenvalue weighted by Crippen LogP contribution is 2.24. The Bertz CT molecular complexity index is 477. The Balaban J connectivity index is 2.96. The Morgan fingerprint density at radius 1 is 1.00 bits per heavy atom. The first kappa shape index (κ1) is 18.7. The van der Waals surface area contributed by atoms with Gasteiger partial charge in [-0.15, -0.1) is 0 Å². The van der Waals surface area contributed by atoms with E-state index in [1.807, 2.05) is 19.1 Å². The molecular formula is C19H31NO2. The number of carbonyl (C=O) groups excluding carboxylic acids is 1. The number of rotatable bonds is 10. The molecule has 0 fully saturated rings. The van der Waals surface area contributed by atoms with E-state index in [9.17, 15) is 4.79 Å². The fourth-order valence-electron chi connectivity index (χ4n) is 2.53. The minimum atomic E-state index is 0.163. The molecule has 0 radical (unpaired) electrons. The molecule has 0 aromatic heterocycles. The molecule has 0 aliphatic carbocycles. The first-order chi connectivity index (χ1) is 10.5. The van der Waals surface area contributed by atoms with Crippen LogP contribution in [-0.2, 0) is 0 Å². The van der Waals surface area contributed by atoms with Gasteiger partial charge in [-0.2, -0.15) is 0 Å². The molecule has 0 saturated heterocycles. The van der Waals surface area contributed by atoms with Gasteiger partial charge in [-0.3, -0.25) is 9.69 Å². The molecular weight excluding hydrogens is 274 g/mol. The van der Waals surface area contributed by atoms with Gasteiger partial charge in [0, 0.05) is 0 Å². The van der Waals surface area contributed by atoms with Gasteiger partial charge in [0.15, 0.2) is 5.78 Å². The van der Waals surface area contributed by atoms with Crippen LogP contribution in [0.5, 0.6) is 5.75 Å². The summed E-state index contributed by atoms with van der Waals surface area (Å²) < 4.78 is 5.81. The summed E-state index contributed by atoms with van der Waals surface area (Å²) >= 11 is 0. The van der Waals surface area contributed by atoms with Crippen LogP contribution in [-0.4, -0.2) is 36.9 Å². The number of benzene rings is 1. The SMILES string of the molecule is CCCOc1cc(C)c(C)cc1C(=O)CN(CCC)CCC. The van der Waals surface area contributed by atoms with Crippen LogP contribution in [0.1, 0.15) is 61.5 Å². The van der Waals surface area contributed by atoms with Crippen molar-refractivity contribution in [2.75, 3.05) is 26.2 Å². The standard InChI is InChI=1S/C19H31NO2/c1-6-9-20(10-7-2)14-18(21)17-12-15(4)16(5)13-19(17)22-11-8-3/h12-13H,6-11,14H2,1-5H3. The summed E-state index contributed by atoms with van der Waals surface area (Å²) in [5, 5.41) is 0. The molecule has 1 aromatic carbocycles. The van der Waals surface area contributed by atoms with Gasteiger partial charge in [0.2, 0.25) is 0 Å². The largest absolute Gasteiger partial charge is 0.493 e. The lowest BCUT2D eigenvalue weighted by Gasteiger charge is -2.21. The molecule has 0 amide bonds. The number of hydrogen-bond acceptors (Lipinski definition) is 3. The highest BCUT2D eigenvalue weighted by molar-refractivity contribution is 6.00. The van der Waals surface area contributed by atoms with E-state index in [1.165, 1.54) is 5.56 Å². The van der Waals surface area contributed by atoms with Crippen LogP contribution in [0.2, 0.25) is 0 Å². The van der Waals surface area contributed by atoms with Crippen molar-refractivity contribution < 1.29 is 9.53 Å². The van der Waals surface area contributed by atoms with Gasteiger partial charge >= 0.3 is 0 Å². The van der Waals surface area contributed by atoms with Crippen molar-refractivity contribution in [1.29, 1.82) is 0 Å². The van der Waals surface area contributed by atoms with Crippen LogP contribution in [0.25, 0.3) is 0 Å². The van der Waals surface area contributed by atoms with Gasteiger partial charge in [-0.25, -0.2) is 0 Å². The van der Waals surface area contributed by atoms with Crippen molar-refractivity contribution in [2.45, 2.75) is 53.9 Å². The Kier molecular flexibility index (Phi) is 8.18. The monoisotopic (exact) mass is 305 g/mol. The quantitative estimate of drug-likeness (QED) is 0.600. The maximum atomic E-state index is 12.7. The Labute approximate surface area is 135 Å². The van der Waals surface area contributed by atoms with Gasteiger partial charge < -0.3 is 4.74 Å². The van der Waals surface area contributed by atoms with Crippen molar-refractivity contribution in [3.05, 3.63) is 28.8 Å². The molecule has 3 nitrogen and oxygen atoms in total. The summed E-state index contributed by atoms with van der Waals surface area (Å²) in [6, 6.07) is 3.99. The minimum Gasteiger partial charge on any atom is -0.493 e. The second-order valence-electron chi connectivity index (χ2n) is 5.98. The molecule has 0 unspecified atom stereocenters. The lowest BCUT2D eigenvalue weighted by atomic mass is 10.0. The Morgan fingerprint density at radius 2 is 1.59 bits per heavy atom. The summed E-state index contributed by atoms with van der Waals surface area (Å²) in [6.07, 6.45) is 3.08. The number of ketones is 1. The molecule has 124 valence electrons. The molecule has 1 rings (SSSR count). The molecule has 1 aromatic rings. The lowest BCUT2D eigenvalue weighted by molar-refractivity contribution is 0.0926. The van der Waals surface area contributed by atoms with E-state index >= 15 is 0 Å². The maximum Gasteiger partial charge on any atom is 0.180 e. The molecule has 22 heavy (non-hydrogen) atoms. The molecule has 0 aliphatic heterocycles. The van der Waals surface area contributed by atoms with Crippen LogP contribution in [0.15, 0.2) is 12.1 Å². The smallest absolute Gasteiger partial charge is 0.180 e. The van der Waals surface area contributed by atoms with Crippen molar-refractivity contribution in [1.82, 2.24) is 4.90 Å². The summed E-state index contributed by atoms with van der Waals surface area (Å²) in [4.78, 5) is 15.0. The van der Waals surface area contributed by atoms with Gasteiger partial charge in [-0.05, 0) is 69.5 Å². The topological polar surface area (TPSA) is 29.5 Å². The maximum absolute atomic E-state index is 12.7. The van der Waals surface area contributed by atoms with E-state index < -0.39 is 0 Å². The zero-order valence-corrected chi connectivity index (χ0v) is 14.9. The predicted octanol–water partition coefficient (Wildman–Crippen LogP) is 4.40. The van der Waals surface area contributed by atoms with E-state index in [4.69, 9.17) is 4.74 Å². The summed E-state index contributed by atoms with van der Waals surface area (Å²) in [5.41, 5.74) is 3.04. The number of aryl methyl sites for hydroxylation is 2. The molecule has 0 atom stereocenters. The third-order valence-corrected chi connectivity index (χ3v) is 3.80. The lowest BCUT2D eigenvalue weighted by Crippen LogP contribution is -2.31. The zero-order valence-electron chi connectivity index (χ0n) is 14.9. The first-order valence-electron chi connectivity index (χ1n) is 8.53. The summed E-state index contributed by atoms with van der Waals surface area (Å²) in [6.45, 7) is 13.5. The van der Waals surface area contributed by atoms with Crippen molar-refractivity contribution >= 4 is 5.78 Å². The van der Waals surface area contributed by atoms with Gasteiger partial charge in [0.05, 0.1) is 18.7 Å². The molecule has 0 aliphatic rings. The molecule has 0 N–H and O–H groups in total. The second kappa shape index (κ2) is 9.62. The molecule has 0 bridgehead atoms. The van der Waals surface area contributed by atoms with Gasteiger partial charge in [-0.1, -0.05) is 20.8 Å². The molecule has 3 heteroatoms. The number of ether oxygens (including phenoxy) is 1. The Morgan fingerprint density at radius 3 is 2.14 bits per heavy atom. The molecule has 0 heterocycles. The third-order valence-electron chi connectivity index (χ3n) is 3.80. The van der Waals surface area contributed by atoms with Crippen LogP contribution >= 0.6 is 0 Å². The van der Waals surface area contributed by atoms with Crippen LogP contribution in [0.3, 0.4) is 0 Å². The van der Waals surface area contributed by atoms with E-state index in [0.29, 0.717) is 13.2 Å². The average Bonchev–Trinajstić information content (AvgIpc) is 2.48. The second-order valence-corrected chi connectivity index (χ2v) is 5.98. The molecule has 0 spiro atoms. The highest BCUT2D eigenvalue weighted by atomic mass is 16.5. The van der Waals surface area contributed by atoms with E-state index in [1.54, 1.807) is 0 Å². The number of Topliss-reactive ketones (excluding diaryl/α,β-unsaturated/α-hetero) is 1. The van der Waals surface area contributed by atoms with E-state index in [0.717, 1.165) is 49.2 Å². The van der Waals surface area contributed by atoms with Gasteiger partial charge in [0.25, 0.3) is 0 Å². The predicted molar refractivity (Wildman–Crippen MR) is 93.1 cm³/mol. The van der Waals surface area contributed by atoms with Crippen molar-refractivity contribution in [3.8, 4) is 5.75 Å². The van der Waals surface area contributed by atoms with Gasteiger partial charge in [0.1, 0.15) is 5.75 Å². The number of carbonyl (C=O) groups is 1. The van der Waals surface area contributed by atoms with E-state index in [-0.39, 0.29) is 5.78 Å². The highest BCUT2D eigenvalue weighted by Gasteiger charge is 2.17. The summed E-state index contributed by atoms with van der Waals surface area (Å²) in [7, 11) is 0. The molecule has 0 saturated carbocycles. The zero-order chi connectivity index (χ0) is 16.5. The van der Waals surface area contributed by atoms with Crippen molar-refractivity contribution in [3.63, 3.8) is 0 Å². The van der Waals surface area contributed by atoms with Crippen LogP contribution in [0, 0.1) is 13.8 Å². The van der Waals surface area contributed by atoms with Crippen LogP contribution < -0.4 is 4.74 Å². The fraction of sp³-hybridized carbons (Fsp3) is 0.632. The number of hydrogen-bond donors (Lipinski definition) is 0. The fourth-order valence-corrected chi connectivity index (χ4v) is 2.53. The Hall–Kier alpha value is -1.35.